The Morgan fingerprint density at radius 3 is 1.11 bits per heavy atom. The number of nitrogens with one attached hydrogen (secondary N) is 9. The highest BCUT2D eigenvalue weighted by molar-refractivity contribution is 5.84. The van der Waals surface area contributed by atoms with Crippen LogP contribution >= 0.6 is 0 Å². The lowest BCUT2D eigenvalue weighted by Crippen LogP contribution is -2.36. The number of H-pyrrole nitrogens is 7. The minimum Gasteiger partial charge on any atom is -0.358 e. The molecule has 19 heteroatoms. The van der Waals surface area contributed by atoms with Crippen molar-refractivity contribution in [2.24, 2.45) is 10.9 Å². The van der Waals surface area contributed by atoms with Crippen molar-refractivity contribution in [3.63, 3.8) is 0 Å². The van der Waals surface area contributed by atoms with E-state index >= 15 is 0 Å². The fourth-order valence-electron chi connectivity index (χ4n) is 2.92. The minimum absolute atomic E-state index is 0.237. The van der Waals surface area contributed by atoms with E-state index in [9.17, 15) is 14.4 Å². The van der Waals surface area contributed by atoms with E-state index in [-0.39, 0.29) is 34.8 Å². The quantitative estimate of drug-likeness (QED) is 0.149. The number of amidine groups is 1. The van der Waals surface area contributed by atoms with E-state index in [0.29, 0.717) is 29.3 Å². The van der Waals surface area contributed by atoms with E-state index in [1.807, 2.05) is 62.3 Å². The molecule has 45 heavy (non-hydrogen) atoms. The Bertz CT molecular complexity index is 1440. The molecule has 1 aliphatic rings. The van der Waals surface area contributed by atoms with Crippen molar-refractivity contribution >= 4 is 5.84 Å². The summed E-state index contributed by atoms with van der Waals surface area (Å²) in [6.45, 7) is 21.8. The predicted molar refractivity (Wildman–Crippen MR) is 170 cm³/mol. The van der Waals surface area contributed by atoms with Crippen LogP contribution in [-0.4, -0.2) is 78.0 Å². The van der Waals surface area contributed by atoms with Gasteiger partial charge in [0.05, 0.1) is 0 Å². The molecule has 0 spiro atoms. The predicted octanol–water partition coefficient (Wildman–Crippen LogP) is 1.33. The number of aryl methyl sites for hydroxylation is 1. The summed E-state index contributed by atoms with van der Waals surface area (Å²) in [4.78, 5) is 46.9. The third kappa shape index (κ3) is 15.1. The van der Waals surface area contributed by atoms with Gasteiger partial charge >= 0.3 is 17.1 Å². The summed E-state index contributed by atoms with van der Waals surface area (Å²) in [6, 6.07) is 0. The number of hydrogen-bond acceptors (Lipinski definition) is 12. The maximum absolute atomic E-state index is 10.4. The van der Waals surface area contributed by atoms with Gasteiger partial charge in [0.2, 0.25) is 6.35 Å². The molecule has 5 heterocycles. The van der Waals surface area contributed by atoms with Gasteiger partial charge in [0.25, 0.3) is 0 Å². The maximum atomic E-state index is 10.4. The second-order valence-corrected chi connectivity index (χ2v) is 11.4. The molecule has 252 valence electrons. The van der Waals surface area contributed by atoms with E-state index in [4.69, 9.17) is 5.11 Å². The Balaban J connectivity index is 0.000000281. The summed E-state index contributed by atoms with van der Waals surface area (Å²) in [5, 5.41) is 33.6. The lowest BCUT2D eigenvalue weighted by molar-refractivity contribution is 0.152. The average molecular weight is 636 g/mol. The first kappa shape index (κ1) is 38.4. The van der Waals surface area contributed by atoms with Crippen molar-refractivity contribution in [1.29, 1.82) is 0 Å². The van der Waals surface area contributed by atoms with Crippen LogP contribution in [0.2, 0.25) is 0 Å². The zero-order valence-electron chi connectivity index (χ0n) is 27.8. The highest BCUT2D eigenvalue weighted by Gasteiger charge is 2.14. The number of nitrogens with zero attached hydrogens (tertiary/aromatic N) is 6. The smallest absolute Gasteiger partial charge is 0.340 e. The molecular formula is C26H49N15O4. The standard InChI is InChI=1S/C6H11N3.C5H11N3O.3C5H9N3O/c1-4(2)6-7-5(3)8-9-6;4*1-3(2)4-6-5(9)8-7-4/h4H,1-3H3,(H,7,8,9);3,5,8-9H,1-2H3,(H,6,7);3*3H,1-2H3,(H2,6,7,8,9). The molecule has 0 saturated heterocycles. The molecule has 0 bridgehead atoms. The molecule has 0 aliphatic carbocycles. The molecule has 19 nitrogen and oxygen atoms in total. The van der Waals surface area contributed by atoms with Gasteiger partial charge in [0, 0.05) is 29.6 Å². The summed E-state index contributed by atoms with van der Waals surface area (Å²) < 4.78 is 0. The number of aliphatic hydroxyl groups excluding tert-OH is 1. The van der Waals surface area contributed by atoms with Crippen molar-refractivity contribution in [3.05, 3.63) is 60.6 Å². The Kier molecular flexibility index (Phi) is 16.1. The van der Waals surface area contributed by atoms with Gasteiger partial charge in [0.1, 0.15) is 29.1 Å². The van der Waals surface area contributed by atoms with E-state index < -0.39 is 6.35 Å². The molecule has 4 aromatic rings. The second-order valence-electron chi connectivity index (χ2n) is 11.4. The fraction of sp³-hybridized carbons (Fsp3) is 0.654. The number of aromatic nitrogens is 12. The average Bonchev–Trinajstić information content (AvgIpc) is 3.78. The molecule has 0 amide bonds. The Morgan fingerprint density at radius 2 is 0.978 bits per heavy atom. The van der Waals surface area contributed by atoms with Gasteiger partial charge in [-0.15, -0.1) is 0 Å². The zero-order chi connectivity index (χ0) is 34.3. The zero-order valence-corrected chi connectivity index (χ0v) is 27.8. The first-order chi connectivity index (χ1) is 21.0. The summed E-state index contributed by atoms with van der Waals surface area (Å²) in [7, 11) is 0. The largest absolute Gasteiger partial charge is 0.358 e. The monoisotopic (exact) mass is 635 g/mol. The number of aliphatic imine (C=N–C) groups is 1. The van der Waals surface area contributed by atoms with E-state index in [2.05, 4.69) is 90.4 Å². The number of aliphatic hydroxyl groups is 1. The fourth-order valence-corrected chi connectivity index (χ4v) is 2.92. The van der Waals surface area contributed by atoms with Crippen LogP contribution in [0.25, 0.3) is 0 Å². The van der Waals surface area contributed by atoms with Crippen molar-refractivity contribution in [2.45, 2.75) is 106 Å². The molecule has 4 aromatic heterocycles. The van der Waals surface area contributed by atoms with Crippen LogP contribution in [-0.2, 0) is 0 Å². The molecule has 1 unspecified atom stereocenters. The first-order valence-electron chi connectivity index (χ1n) is 14.6. The lowest BCUT2D eigenvalue weighted by atomic mass is 10.2. The summed E-state index contributed by atoms with van der Waals surface area (Å²) in [6.07, 6.45) is -0.762. The number of hydrazine groups is 1. The van der Waals surface area contributed by atoms with Gasteiger partial charge in [-0.2, -0.15) is 25.8 Å². The van der Waals surface area contributed by atoms with Gasteiger partial charge in [-0.1, -0.05) is 69.2 Å². The minimum atomic E-state index is -0.762. The molecule has 1 atom stereocenters. The Hall–Kier alpha value is -4.65. The molecule has 0 aromatic carbocycles. The van der Waals surface area contributed by atoms with Crippen LogP contribution in [0.15, 0.2) is 19.4 Å². The summed E-state index contributed by atoms with van der Waals surface area (Å²) in [5.74, 6) is 6.33. The molecule has 5 rings (SSSR count). The van der Waals surface area contributed by atoms with Crippen LogP contribution in [0.4, 0.5) is 0 Å². The lowest BCUT2D eigenvalue weighted by Gasteiger charge is -2.02. The topological polar surface area (TPSA) is 283 Å². The summed E-state index contributed by atoms with van der Waals surface area (Å²) in [5.41, 5.74) is 4.60. The molecule has 0 radical (unpaired) electrons. The van der Waals surface area contributed by atoms with Crippen LogP contribution in [0.1, 0.15) is 122 Å². The second kappa shape index (κ2) is 18.9. The third-order valence-electron chi connectivity index (χ3n) is 5.47. The van der Waals surface area contributed by atoms with Crippen LogP contribution in [0, 0.1) is 12.8 Å². The number of aromatic amines is 7. The van der Waals surface area contributed by atoms with Crippen LogP contribution in [0.5, 0.6) is 0 Å². The molecular weight excluding hydrogens is 586 g/mol. The van der Waals surface area contributed by atoms with Gasteiger partial charge in [0.15, 0.2) is 5.82 Å². The van der Waals surface area contributed by atoms with Gasteiger partial charge in [-0.3, -0.25) is 20.1 Å². The summed E-state index contributed by atoms with van der Waals surface area (Å²) >= 11 is 0. The van der Waals surface area contributed by atoms with Gasteiger partial charge < -0.3 is 10.5 Å². The van der Waals surface area contributed by atoms with E-state index in [0.717, 1.165) is 17.5 Å². The normalized spacial score (nSPS) is 13.7. The van der Waals surface area contributed by atoms with E-state index in [1.165, 1.54) is 0 Å². The third-order valence-corrected chi connectivity index (χ3v) is 5.47. The van der Waals surface area contributed by atoms with Crippen molar-refractivity contribution in [2.75, 3.05) is 0 Å². The van der Waals surface area contributed by atoms with Crippen LogP contribution in [0.3, 0.4) is 0 Å². The highest BCUT2D eigenvalue weighted by atomic mass is 16.3. The Morgan fingerprint density at radius 1 is 0.578 bits per heavy atom. The van der Waals surface area contributed by atoms with Crippen LogP contribution < -0.4 is 27.9 Å². The van der Waals surface area contributed by atoms with Gasteiger partial charge in [-0.05, 0) is 6.92 Å². The van der Waals surface area contributed by atoms with Crippen molar-refractivity contribution < 1.29 is 5.11 Å². The molecule has 1 aliphatic heterocycles. The Labute approximate surface area is 260 Å². The van der Waals surface area contributed by atoms with E-state index in [1.54, 1.807) is 0 Å². The molecule has 10 N–H and O–H groups in total. The number of rotatable bonds is 5. The van der Waals surface area contributed by atoms with Crippen molar-refractivity contribution in [1.82, 2.24) is 71.6 Å². The molecule has 0 fully saturated rings. The highest BCUT2D eigenvalue weighted by Crippen LogP contribution is 2.06. The first-order valence-corrected chi connectivity index (χ1v) is 14.6. The SMILES string of the molecule is CC(C)C1=NC(O)NN1.CC(C)c1n[nH]c(=O)[nH]1.CC(C)c1n[nH]c(=O)[nH]1.CC(C)c1n[nH]c(=O)[nH]1.Cc1nc(C(C)C)n[nH]1. The molecule has 0 saturated carbocycles. The van der Waals surface area contributed by atoms with Crippen molar-refractivity contribution in [3.8, 4) is 0 Å². The number of hydrogen-bond donors (Lipinski definition) is 10. The van der Waals surface area contributed by atoms with Gasteiger partial charge in [-0.25, -0.2) is 39.7 Å². The maximum Gasteiger partial charge on any atom is 0.340 e.